The van der Waals surface area contributed by atoms with Gasteiger partial charge in [0, 0.05) is 13.2 Å². The van der Waals surface area contributed by atoms with Gasteiger partial charge in [-0.2, -0.15) is 0 Å². The van der Waals surface area contributed by atoms with Gasteiger partial charge in [-0.3, -0.25) is 14.6 Å². The first-order valence-corrected chi connectivity index (χ1v) is 6.16. The number of carboxylic acids is 1. The lowest BCUT2D eigenvalue weighted by atomic mass is 9.82. The predicted molar refractivity (Wildman–Crippen MR) is 70.6 cm³/mol. The largest absolute Gasteiger partial charge is 0.481 e. The molecule has 0 aromatic carbocycles. The van der Waals surface area contributed by atoms with Crippen molar-refractivity contribution in [2.75, 3.05) is 11.9 Å². The molecule has 1 aliphatic rings. The van der Waals surface area contributed by atoms with Crippen LogP contribution in [-0.4, -0.2) is 29.0 Å². The number of carbonyl (C=O) groups is 2. The van der Waals surface area contributed by atoms with Gasteiger partial charge in [0.05, 0.1) is 23.7 Å². The molecule has 1 N–H and O–H groups in total. The highest BCUT2D eigenvalue weighted by Crippen LogP contribution is 2.28. The Kier molecular flexibility index (Phi) is 3.94. The third-order valence-corrected chi connectivity index (χ3v) is 3.43. The molecule has 19 heavy (non-hydrogen) atoms. The van der Waals surface area contributed by atoms with Gasteiger partial charge in [0.1, 0.15) is 0 Å². The molecule has 1 aliphatic carbocycles. The molecule has 1 aromatic rings. The van der Waals surface area contributed by atoms with Crippen molar-refractivity contribution in [3.8, 4) is 0 Å². The Hall–Kier alpha value is -2.17. The standard InChI is InChI=1S/C14H16N2O3/c1-16(10-5-4-8-15-9-10)13(17)11-6-2-3-7-12(11)14(18)19/h2-5,8-9,11-12H,6-7H2,1H3,(H,18,19). The lowest BCUT2D eigenvalue weighted by Crippen LogP contribution is -2.40. The van der Waals surface area contributed by atoms with Crippen LogP contribution in [0.5, 0.6) is 0 Å². The van der Waals surface area contributed by atoms with E-state index in [9.17, 15) is 14.7 Å². The molecule has 2 unspecified atom stereocenters. The zero-order valence-corrected chi connectivity index (χ0v) is 10.7. The second-order valence-electron chi connectivity index (χ2n) is 4.60. The molecular formula is C14H16N2O3. The van der Waals surface area contributed by atoms with Crippen LogP contribution in [0.15, 0.2) is 36.7 Å². The molecule has 5 nitrogen and oxygen atoms in total. The minimum atomic E-state index is -0.915. The van der Waals surface area contributed by atoms with Crippen molar-refractivity contribution in [2.45, 2.75) is 12.8 Å². The number of aromatic nitrogens is 1. The monoisotopic (exact) mass is 260 g/mol. The average molecular weight is 260 g/mol. The molecule has 1 heterocycles. The van der Waals surface area contributed by atoms with E-state index in [1.807, 2.05) is 12.2 Å². The third kappa shape index (κ3) is 2.81. The van der Waals surface area contributed by atoms with Crippen molar-refractivity contribution in [1.82, 2.24) is 4.98 Å². The number of amides is 1. The Balaban J connectivity index is 2.18. The number of pyridine rings is 1. The fourth-order valence-electron chi connectivity index (χ4n) is 2.29. The van der Waals surface area contributed by atoms with Gasteiger partial charge in [-0.1, -0.05) is 12.2 Å². The molecule has 0 bridgehead atoms. The molecule has 0 spiro atoms. The van der Waals surface area contributed by atoms with Crippen LogP contribution in [0.3, 0.4) is 0 Å². The van der Waals surface area contributed by atoms with Crippen LogP contribution < -0.4 is 4.90 Å². The number of carbonyl (C=O) groups excluding carboxylic acids is 1. The van der Waals surface area contributed by atoms with Crippen LogP contribution in [-0.2, 0) is 9.59 Å². The van der Waals surface area contributed by atoms with Gasteiger partial charge in [0.25, 0.3) is 0 Å². The third-order valence-electron chi connectivity index (χ3n) is 3.43. The van der Waals surface area contributed by atoms with Crippen molar-refractivity contribution in [3.05, 3.63) is 36.7 Å². The maximum Gasteiger partial charge on any atom is 0.307 e. The molecule has 0 saturated carbocycles. The molecule has 1 amide bonds. The lowest BCUT2D eigenvalue weighted by molar-refractivity contribution is -0.146. The normalized spacial score (nSPS) is 21.9. The van der Waals surface area contributed by atoms with E-state index in [0.29, 0.717) is 18.5 Å². The van der Waals surface area contributed by atoms with Crippen LogP contribution in [0.1, 0.15) is 12.8 Å². The molecule has 0 radical (unpaired) electrons. The highest BCUT2D eigenvalue weighted by Gasteiger charge is 2.35. The van der Waals surface area contributed by atoms with Crippen LogP contribution in [0, 0.1) is 11.8 Å². The zero-order valence-electron chi connectivity index (χ0n) is 10.7. The predicted octanol–water partition coefficient (Wildman–Crippen LogP) is 1.71. The maximum absolute atomic E-state index is 12.4. The van der Waals surface area contributed by atoms with E-state index in [0.717, 1.165) is 0 Å². The zero-order chi connectivity index (χ0) is 13.8. The smallest absolute Gasteiger partial charge is 0.307 e. The Labute approximate surface area is 111 Å². The van der Waals surface area contributed by atoms with Crippen molar-refractivity contribution in [2.24, 2.45) is 11.8 Å². The first-order valence-electron chi connectivity index (χ1n) is 6.16. The van der Waals surface area contributed by atoms with E-state index in [-0.39, 0.29) is 5.91 Å². The van der Waals surface area contributed by atoms with E-state index in [4.69, 9.17) is 0 Å². The van der Waals surface area contributed by atoms with Gasteiger partial charge < -0.3 is 10.0 Å². The summed E-state index contributed by atoms with van der Waals surface area (Å²) in [4.78, 5) is 29.1. The molecule has 2 atom stereocenters. The topological polar surface area (TPSA) is 70.5 Å². The van der Waals surface area contributed by atoms with Crippen LogP contribution >= 0.6 is 0 Å². The lowest BCUT2D eigenvalue weighted by Gasteiger charge is -2.28. The molecular weight excluding hydrogens is 244 g/mol. The summed E-state index contributed by atoms with van der Waals surface area (Å²) in [7, 11) is 1.65. The Morgan fingerprint density at radius 1 is 1.32 bits per heavy atom. The van der Waals surface area contributed by atoms with Gasteiger partial charge in [0.2, 0.25) is 5.91 Å². The molecule has 1 aromatic heterocycles. The summed E-state index contributed by atoms with van der Waals surface area (Å²) in [6.45, 7) is 0. The minimum absolute atomic E-state index is 0.176. The summed E-state index contributed by atoms with van der Waals surface area (Å²) in [6, 6.07) is 3.52. The van der Waals surface area contributed by atoms with E-state index >= 15 is 0 Å². The second kappa shape index (κ2) is 5.65. The maximum atomic E-state index is 12.4. The van der Waals surface area contributed by atoms with Gasteiger partial charge in [-0.25, -0.2) is 0 Å². The summed E-state index contributed by atoms with van der Waals surface area (Å²) in [5, 5.41) is 9.19. The number of anilines is 1. The van der Waals surface area contributed by atoms with Crippen LogP contribution in [0.25, 0.3) is 0 Å². The highest BCUT2D eigenvalue weighted by atomic mass is 16.4. The van der Waals surface area contributed by atoms with E-state index in [2.05, 4.69) is 4.98 Å². The summed E-state index contributed by atoms with van der Waals surface area (Å²) in [6.07, 6.45) is 7.80. The van der Waals surface area contributed by atoms with Crippen LogP contribution in [0.4, 0.5) is 5.69 Å². The van der Waals surface area contributed by atoms with Gasteiger partial charge >= 0.3 is 5.97 Å². The quantitative estimate of drug-likeness (QED) is 0.840. The molecule has 5 heteroatoms. The minimum Gasteiger partial charge on any atom is -0.481 e. The van der Waals surface area contributed by atoms with Gasteiger partial charge in [0.15, 0.2) is 0 Å². The van der Waals surface area contributed by atoms with Crippen molar-refractivity contribution < 1.29 is 14.7 Å². The molecule has 0 aliphatic heterocycles. The fourth-order valence-corrected chi connectivity index (χ4v) is 2.29. The summed E-state index contributed by atoms with van der Waals surface area (Å²) >= 11 is 0. The molecule has 0 saturated heterocycles. The Morgan fingerprint density at radius 2 is 2.00 bits per heavy atom. The first kappa shape index (κ1) is 13.3. The van der Waals surface area contributed by atoms with E-state index in [1.54, 1.807) is 31.6 Å². The van der Waals surface area contributed by atoms with Gasteiger partial charge in [-0.15, -0.1) is 0 Å². The van der Waals surface area contributed by atoms with E-state index < -0.39 is 17.8 Å². The summed E-state index contributed by atoms with van der Waals surface area (Å²) in [5.74, 6) is -2.24. The number of allylic oxidation sites excluding steroid dienone is 2. The van der Waals surface area contributed by atoms with Crippen molar-refractivity contribution in [1.29, 1.82) is 0 Å². The molecule has 100 valence electrons. The number of carboxylic acid groups (broad SMARTS) is 1. The Morgan fingerprint density at radius 3 is 2.58 bits per heavy atom. The van der Waals surface area contributed by atoms with Gasteiger partial charge in [-0.05, 0) is 25.0 Å². The fraction of sp³-hybridized carbons (Fsp3) is 0.357. The van der Waals surface area contributed by atoms with E-state index in [1.165, 1.54) is 4.90 Å². The number of hydrogen-bond acceptors (Lipinski definition) is 3. The Bertz CT molecular complexity index is 499. The number of rotatable bonds is 3. The number of aliphatic carboxylic acids is 1. The SMILES string of the molecule is CN(C(=O)C1CC=CCC1C(=O)O)c1cccnc1. The first-order chi connectivity index (χ1) is 9.11. The second-order valence-corrected chi connectivity index (χ2v) is 4.60. The van der Waals surface area contributed by atoms with Crippen molar-refractivity contribution in [3.63, 3.8) is 0 Å². The summed E-state index contributed by atoms with van der Waals surface area (Å²) < 4.78 is 0. The highest BCUT2D eigenvalue weighted by molar-refractivity contribution is 5.96. The van der Waals surface area contributed by atoms with Crippen molar-refractivity contribution >= 4 is 17.6 Å². The molecule has 0 fully saturated rings. The number of nitrogens with zero attached hydrogens (tertiary/aromatic N) is 2. The molecule has 2 rings (SSSR count). The average Bonchev–Trinajstić information content (AvgIpc) is 2.46. The summed E-state index contributed by atoms with van der Waals surface area (Å²) in [5.41, 5.74) is 0.672. The van der Waals surface area contributed by atoms with Crippen LogP contribution in [0.2, 0.25) is 0 Å². The number of hydrogen-bond donors (Lipinski definition) is 1.